The Hall–Kier alpha value is -2.65. The molecule has 2 atom stereocenters. The van der Waals surface area contributed by atoms with Gasteiger partial charge in [-0.1, -0.05) is 62.4 Å². The standard InChI is InChI=1S/C28H34N2O/c1-6-27(30-14-13-25-15-19(2)20(3)16-26(25)28(30)31)29(5)18-21(4)23-12-11-22-9-7-8-10-24(22)17-23/h7-12,15-17,21,27H,6,13-14,18H2,1-5H3. The van der Waals surface area contributed by atoms with Crippen LogP contribution >= 0.6 is 0 Å². The average molecular weight is 415 g/mol. The molecule has 3 aromatic carbocycles. The third-order valence-corrected chi connectivity index (χ3v) is 6.97. The number of amides is 1. The minimum atomic E-state index is 0.116. The lowest BCUT2D eigenvalue weighted by molar-refractivity contribution is 0.0341. The summed E-state index contributed by atoms with van der Waals surface area (Å²) in [5, 5.41) is 2.57. The van der Waals surface area contributed by atoms with E-state index in [4.69, 9.17) is 0 Å². The van der Waals surface area contributed by atoms with Crippen LogP contribution in [0.4, 0.5) is 0 Å². The van der Waals surface area contributed by atoms with E-state index >= 15 is 0 Å². The van der Waals surface area contributed by atoms with Gasteiger partial charge in [-0.05, 0) is 78.7 Å². The Balaban J connectivity index is 1.51. The van der Waals surface area contributed by atoms with E-state index in [1.807, 2.05) is 0 Å². The van der Waals surface area contributed by atoms with Crippen LogP contribution in [-0.2, 0) is 6.42 Å². The minimum absolute atomic E-state index is 0.116. The van der Waals surface area contributed by atoms with E-state index in [0.717, 1.165) is 31.5 Å². The van der Waals surface area contributed by atoms with E-state index in [9.17, 15) is 4.79 Å². The summed E-state index contributed by atoms with van der Waals surface area (Å²) in [6.07, 6.45) is 1.98. The van der Waals surface area contributed by atoms with Gasteiger partial charge in [-0.3, -0.25) is 9.69 Å². The minimum Gasteiger partial charge on any atom is -0.323 e. The molecular weight excluding hydrogens is 380 g/mol. The van der Waals surface area contributed by atoms with Crippen LogP contribution < -0.4 is 0 Å². The largest absolute Gasteiger partial charge is 0.323 e. The fourth-order valence-corrected chi connectivity index (χ4v) is 5.01. The first kappa shape index (κ1) is 21.6. The van der Waals surface area contributed by atoms with Gasteiger partial charge in [0.25, 0.3) is 5.91 Å². The molecule has 0 saturated carbocycles. The Bertz CT molecular complexity index is 1100. The number of carbonyl (C=O) groups excluding carboxylic acids is 1. The third kappa shape index (κ3) is 4.24. The average Bonchev–Trinajstić information content (AvgIpc) is 2.77. The van der Waals surface area contributed by atoms with E-state index in [0.29, 0.717) is 5.92 Å². The molecule has 1 amide bonds. The molecule has 0 aliphatic carbocycles. The molecular formula is C28H34N2O. The summed E-state index contributed by atoms with van der Waals surface area (Å²) in [5.74, 6) is 0.571. The van der Waals surface area contributed by atoms with Crippen molar-refractivity contribution < 1.29 is 4.79 Å². The highest BCUT2D eigenvalue weighted by Crippen LogP contribution is 2.27. The van der Waals surface area contributed by atoms with Crippen LogP contribution in [0.1, 0.15) is 58.8 Å². The SMILES string of the molecule is CCC(N(C)CC(C)c1ccc2ccccc2c1)N1CCc2cc(C)c(C)cc2C1=O. The molecule has 1 aliphatic heterocycles. The molecule has 0 saturated heterocycles. The highest BCUT2D eigenvalue weighted by molar-refractivity contribution is 5.97. The normalized spacial score (nSPS) is 15.9. The van der Waals surface area contributed by atoms with E-state index in [2.05, 4.69) is 99.1 Å². The van der Waals surface area contributed by atoms with Crippen molar-refractivity contribution in [2.75, 3.05) is 20.1 Å². The Morgan fingerprint density at radius 3 is 2.45 bits per heavy atom. The van der Waals surface area contributed by atoms with Gasteiger partial charge < -0.3 is 4.90 Å². The molecule has 3 aromatic rings. The molecule has 162 valence electrons. The van der Waals surface area contributed by atoms with Crippen molar-refractivity contribution in [2.45, 2.75) is 52.6 Å². The number of fused-ring (bicyclic) bond motifs is 2. The van der Waals surface area contributed by atoms with Gasteiger partial charge in [-0.15, -0.1) is 0 Å². The predicted molar refractivity (Wildman–Crippen MR) is 130 cm³/mol. The van der Waals surface area contributed by atoms with Crippen molar-refractivity contribution in [1.82, 2.24) is 9.80 Å². The van der Waals surface area contributed by atoms with Crippen LogP contribution in [0.15, 0.2) is 54.6 Å². The number of likely N-dealkylation sites (N-methyl/N-ethyl adjacent to an activating group) is 1. The summed E-state index contributed by atoms with van der Waals surface area (Å²) >= 11 is 0. The van der Waals surface area contributed by atoms with E-state index in [-0.39, 0.29) is 12.1 Å². The van der Waals surface area contributed by atoms with Gasteiger partial charge in [0.1, 0.15) is 0 Å². The second-order valence-corrected chi connectivity index (χ2v) is 9.18. The van der Waals surface area contributed by atoms with Crippen molar-refractivity contribution in [1.29, 1.82) is 0 Å². The molecule has 0 radical (unpaired) electrons. The van der Waals surface area contributed by atoms with Crippen molar-refractivity contribution in [3.8, 4) is 0 Å². The fraction of sp³-hybridized carbons (Fsp3) is 0.393. The Morgan fingerprint density at radius 2 is 1.71 bits per heavy atom. The molecule has 1 heterocycles. The molecule has 2 unspecified atom stereocenters. The van der Waals surface area contributed by atoms with Crippen LogP contribution in [0.2, 0.25) is 0 Å². The van der Waals surface area contributed by atoms with Crippen LogP contribution in [0, 0.1) is 13.8 Å². The summed E-state index contributed by atoms with van der Waals surface area (Å²) in [5.41, 5.74) is 5.91. The molecule has 31 heavy (non-hydrogen) atoms. The zero-order valence-corrected chi connectivity index (χ0v) is 19.5. The first-order chi connectivity index (χ1) is 14.9. The van der Waals surface area contributed by atoms with Gasteiger partial charge >= 0.3 is 0 Å². The number of carbonyl (C=O) groups is 1. The molecule has 3 heteroatoms. The van der Waals surface area contributed by atoms with E-state index in [1.165, 1.54) is 33.0 Å². The topological polar surface area (TPSA) is 23.6 Å². The zero-order chi connectivity index (χ0) is 22.1. The number of benzene rings is 3. The third-order valence-electron chi connectivity index (χ3n) is 6.97. The maximum absolute atomic E-state index is 13.4. The molecule has 0 N–H and O–H groups in total. The lowest BCUT2D eigenvalue weighted by Gasteiger charge is -2.41. The van der Waals surface area contributed by atoms with Gasteiger partial charge in [0.05, 0.1) is 6.17 Å². The zero-order valence-electron chi connectivity index (χ0n) is 19.5. The first-order valence-corrected chi connectivity index (χ1v) is 11.5. The van der Waals surface area contributed by atoms with Gasteiger partial charge in [-0.25, -0.2) is 0 Å². The van der Waals surface area contributed by atoms with E-state index in [1.54, 1.807) is 0 Å². The second kappa shape index (κ2) is 8.84. The van der Waals surface area contributed by atoms with Gasteiger partial charge in [0.2, 0.25) is 0 Å². The fourth-order valence-electron chi connectivity index (χ4n) is 5.01. The molecule has 1 aliphatic rings. The lowest BCUT2D eigenvalue weighted by Crippen LogP contribution is -2.52. The maximum Gasteiger partial charge on any atom is 0.255 e. The second-order valence-electron chi connectivity index (χ2n) is 9.18. The Labute approximate surface area is 186 Å². The highest BCUT2D eigenvalue weighted by Gasteiger charge is 2.32. The molecule has 3 nitrogen and oxygen atoms in total. The van der Waals surface area contributed by atoms with Crippen LogP contribution in [0.25, 0.3) is 10.8 Å². The van der Waals surface area contributed by atoms with Crippen LogP contribution in [-0.4, -0.2) is 42.0 Å². The van der Waals surface area contributed by atoms with Crippen LogP contribution in [0.3, 0.4) is 0 Å². The predicted octanol–water partition coefficient (Wildman–Crippen LogP) is 5.93. The van der Waals surface area contributed by atoms with Crippen molar-refractivity contribution in [2.24, 2.45) is 0 Å². The first-order valence-electron chi connectivity index (χ1n) is 11.5. The summed E-state index contributed by atoms with van der Waals surface area (Å²) < 4.78 is 0. The number of aryl methyl sites for hydroxylation is 2. The maximum atomic E-state index is 13.4. The molecule has 0 aromatic heterocycles. The van der Waals surface area contributed by atoms with Crippen molar-refractivity contribution >= 4 is 16.7 Å². The monoisotopic (exact) mass is 414 g/mol. The lowest BCUT2D eigenvalue weighted by atomic mass is 9.93. The number of hydrogen-bond acceptors (Lipinski definition) is 2. The van der Waals surface area contributed by atoms with Crippen molar-refractivity contribution in [3.05, 3.63) is 82.4 Å². The quantitative estimate of drug-likeness (QED) is 0.499. The van der Waals surface area contributed by atoms with E-state index < -0.39 is 0 Å². The summed E-state index contributed by atoms with van der Waals surface area (Å²) in [6, 6.07) is 19.6. The van der Waals surface area contributed by atoms with Crippen LogP contribution in [0.5, 0.6) is 0 Å². The van der Waals surface area contributed by atoms with Crippen molar-refractivity contribution in [3.63, 3.8) is 0 Å². The van der Waals surface area contributed by atoms with Gasteiger partial charge in [-0.2, -0.15) is 0 Å². The van der Waals surface area contributed by atoms with Gasteiger partial charge in [0, 0.05) is 18.7 Å². The molecule has 0 bridgehead atoms. The summed E-state index contributed by atoms with van der Waals surface area (Å²) in [6.45, 7) is 10.4. The highest BCUT2D eigenvalue weighted by atomic mass is 16.2. The van der Waals surface area contributed by atoms with Gasteiger partial charge in [0.15, 0.2) is 0 Å². The molecule has 0 fully saturated rings. The number of nitrogens with zero attached hydrogens (tertiary/aromatic N) is 2. The molecule has 4 rings (SSSR count). The number of rotatable bonds is 6. The Morgan fingerprint density at radius 1 is 1.00 bits per heavy atom. The smallest absolute Gasteiger partial charge is 0.255 e. The summed E-state index contributed by atoms with van der Waals surface area (Å²) in [4.78, 5) is 17.8. The molecule has 0 spiro atoms. The Kier molecular flexibility index (Phi) is 6.15. The number of hydrogen-bond donors (Lipinski definition) is 0. The summed E-state index contributed by atoms with van der Waals surface area (Å²) in [7, 11) is 2.16.